The molecule has 188 valence electrons. The minimum Gasteiger partial charge on any atom is -0.466 e. The van der Waals surface area contributed by atoms with Crippen LogP contribution in [0.4, 0.5) is 5.82 Å². The van der Waals surface area contributed by atoms with E-state index in [0.717, 1.165) is 12.8 Å². The summed E-state index contributed by atoms with van der Waals surface area (Å²) >= 11 is 6.72. The SMILES string of the molecule is CCOC(=O)C1CCCN(c2c(/C=C3\SC(=S)N(C(C)CC)C3=O)c(C)c(C#N)c(=O)n2CC)C1. The summed E-state index contributed by atoms with van der Waals surface area (Å²) in [5.41, 5.74) is 0.838. The number of pyridine rings is 1. The number of rotatable bonds is 7. The van der Waals surface area contributed by atoms with Crippen molar-refractivity contribution in [2.45, 2.75) is 66.5 Å². The molecule has 2 atom stereocenters. The number of amides is 1. The molecule has 3 heterocycles. The average molecular weight is 517 g/mol. The Morgan fingerprint density at radius 1 is 1.34 bits per heavy atom. The van der Waals surface area contributed by atoms with Gasteiger partial charge in [0, 0.05) is 31.2 Å². The number of aromatic nitrogens is 1. The molecule has 1 aromatic rings. The van der Waals surface area contributed by atoms with Crippen molar-refractivity contribution < 1.29 is 14.3 Å². The fraction of sp³-hybridized carbons (Fsp3) is 0.560. The van der Waals surface area contributed by atoms with Gasteiger partial charge in [0.15, 0.2) is 0 Å². The first-order valence-electron chi connectivity index (χ1n) is 12.1. The monoisotopic (exact) mass is 516 g/mol. The Morgan fingerprint density at radius 2 is 2.06 bits per heavy atom. The lowest BCUT2D eigenvalue weighted by Gasteiger charge is -2.36. The van der Waals surface area contributed by atoms with Crippen LogP contribution in [0, 0.1) is 24.2 Å². The Kier molecular flexibility index (Phi) is 8.78. The molecule has 0 spiro atoms. The van der Waals surface area contributed by atoms with Gasteiger partial charge in [0.1, 0.15) is 21.8 Å². The van der Waals surface area contributed by atoms with Crippen molar-refractivity contribution in [3.8, 4) is 6.07 Å². The highest BCUT2D eigenvalue weighted by molar-refractivity contribution is 8.26. The smallest absolute Gasteiger partial charge is 0.310 e. The largest absolute Gasteiger partial charge is 0.466 e. The lowest BCUT2D eigenvalue weighted by molar-refractivity contribution is -0.148. The lowest BCUT2D eigenvalue weighted by Crippen LogP contribution is -2.43. The second-order valence-corrected chi connectivity index (χ2v) is 10.4. The van der Waals surface area contributed by atoms with Gasteiger partial charge in [-0.3, -0.25) is 23.9 Å². The predicted octanol–water partition coefficient (Wildman–Crippen LogP) is 3.83. The third-order valence-corrected chi connectivity index (χ3v) is 7.96. The zero-order valence-corrected chi connectivity index (χ0v) is 22.6. The molecule has 0 aromatic carbocycles. The molecule has 0 saturated carbocycles. The van der Waals surface area contributed by atoms with Crippen LogP contribution in [-0.2, 0) is 20.9 Å². The molecule has 0 aliphatic carbocycles. The first-order chi connectivity index (χ1) is 16.7. The molecule has 0 radical (unpaired) electrons. The highest BCUT2D eigenvalue weighted by Gasteiger charge is 2.36. The third kappa shape index (κ3) is 5.16. The van der Waals surface area contributed by atoms with Crippen LogP contribution < -0.4 is 10.5 Å². The summed E-state index contributed by atoms with van der Waals surface area (Å²) in [7, 11) is 0. The average Bonchev–Trinajstić information content (AvgIpc) is 3.13. The highest BCUT2D eigenvalue weighted by Crippen LogP contribution is 2.38. The summed E-state index contributed by atoms with van der Waals surface area (Å²) in [6.45, 7) is 11.0. The Balaban J connectivity index is 2.18. The minimum absolute atomic E-state index is 0.0272. The van der Waals surface area contributed by atoms with E-state index in [1.54, 1.807) is 29.4 Å². The number of carbonyl (C=O) groups is 2. The summed E-state index contributed by atoms with van der Waals surface area (Å²) in [6.07, 6.45) is 4.00. The van der Waals surface area contributed by atoms with Gasteiger partial charge in [-0.2, -0.15) is 5.26 Å². The standard InChI is InChI=1S/C25H32N4O4S2/c1-6-15(4)29-23(31)20(35-25(29)34)12-18-16(5)19(13-26)22(30)28(7-2)21(18)27-11-9-10-17(14-27)24(32)33-8-3/h12,15,17H,6-11,14H2,1-5H3/b20-12-. The molecule has 35 heavy (non-hydrogen) atoms. The Labute approximate surface area is 215 Å². The van der Waals surface area contributed by atoms with Gasteiger partial charge in [-0.25, -0.2) is 0 Å². The maximum atomic E-state index is 13.2. The highest BCUT2D eigenvalue weighted by atomic mass is 32.2. The van der Waals surface area contributed by atoms with Gasteiger partial charge in [0.25, 0.3) is 11.5 Å². The van der Waals surface area contributed by atoms with E-state index >= 15 is 0 Å². The van der Waals surface area contributed by atoms with Gasteiger partial charge in [0.05, 0.1) is 17.4 Å². The summed E-state index contributed by atoms with van der Waals surface area (Å²) < 4.78 is 7.33. The summed E-state index contributed by atoms with van der Waals surface area (Å²) in [5.74, 6) is -0.104. The molecule has 3 rings (SSSR count). The van der Waals surface area contributed by atoms with Crippen molar-refractivity contribution in [3.63, 3.8) is 0 Å². The summed E-state index contributed by atoms with van der Waals surface area (Å²) in [6, 6.07) is 2.02. The van der Waals surface area contributed by atoms with E-state index in [2.05, 4.69) is 6.07 Å². The molecule has 1 aromatic heterocycles. The number of carbonyl (C=O) groups excluding carboxylic acids is 2. The van der Waals surface area contributed by atoms with E-state index in [4.69, 9.17) is 17.0 Å². The summed E-state index contributed by atoms with van der Waals surface area (Å²) in [5, 5.41) is 9.76. The molecule has 0 bridgehead atoms. The molecule has 2 saturated heterocycles. The van der Waals surface area contributed by atoms with Crippen LogP contribution in [0.1, 0.15) is 63.6 Å². The topological polar surface area (TPSA) is 95.6 Å². The van der Waals surface area contributed by atoms with Crippen LogP contribution in [0.25, 0.3) is 6.08 Å². The number of esters is 1. The van der Waals surface area contributed by atoms with Crippen LogP contribution in [0.3, 0.4) is 0 Å². The zero-order chi connectivity index (χ0) is 25.9. The number of nitrogens with zero attached hydrogens (tertiary/aromatic N) is 4. The van der Waals surface area contributed by atoms with E-state index in [-0.39, 0.29) is 35.0 Å². The number of hydrogen-bond acceptors (Lipinski definition) is 8. The van der Waals surface area contributed by atoms with Gasteiger partial charge >= 0.3 is 5.97 Å². The predicted molar refractivity (Wildman–Crippen MR) is 142 cm³/mol. The molecule has 0 N–H and O–H groups in total. The fourth-order valence-electron chi connectivity index (χ4n) is 4.57. The van der Waals surface area contributed by atoms with Crippen LogP contribution in [0.5, 0.6) is 0 Å². The molecule has 10 heteroatoms. The number of piperidine rings is 1. The van der Waals surface area contributed by atoms with Crippen molar-refractivity contribution in [1.82, 2.24) is 9.47 Å². The van der Waals surface area contributed by atoms with Crippen molar-refractivity contribution in [2.75, 3.05) is 24.6 Å². The Hall–Kier alpha value is -2.64. The van der Waals surface area contributed by atoms with Gasteiger partial charge in [-0.05, 0) is 58.6 Å². The number of thiocarbonyl (C=S) groups is 1. The number of ether oxygens (including phenoxy) is 1. The van der Waals surface area contributed by atoms with Crippen LogP contribution >= 0.6 is 24.0 Å². The normalized spacial score (nSPS) is 20.3. The van der Waals surface area contributed by atoms with Gasteiger partial charge < -0.3 is 9.64 Å². The minimum atomic E-state index is -0.370. The van der Waals surface area contributed by atoms with E-state index in [1.165, 1.54) is 11.8 Å². The molecule has 2 unspecified atom stereocenters. The van der Waals surface area contributed by atoms with Gasteiger partial charge in [-0.1, -0.05) is 30.9 Å². The van der Waals surface area contributed by atoms with Crippen LogP contribution in [0.15, 0.2) is 9.70 Å². The van der Waals surface area contributed by atoms with Crippen molar-refractivity contribution in [3.05, 3.63) is 31.9 Å². The quantitative estimate of drug-likeness (QED) is 0.307. The van der Waals surface area contributed by atoms with E-state index in [9.17, 15) is 19.6 Å². The zero-order valence-electron chi connectivity index (χ0n) is 20.9. The van der Waals surface area contributed by atoms with Crippen molar-refractivity contribution >= 4 is 52.1 Å². The molecule has 1 amide bonds. The maximum absolute atomic E-state index is 13.2. The second kappa shape index (κ2) is 11.4. The molecule has 2 fully saturated rings. The first kappa shape index (κ1) is 27.0. The first-order valence-corrected chi connectivity index (χ1v) is 13.3. The Morgan fingerprint density at radius 3 is 2.66 bits per heavy atom. The third-order valence-electron chi connectivity index (χ3n) is 6.63. The van der Waals surface area contributed by atoms with E-state index < -0.39 is 0 Å². The molecule has 8 nitrogen and oxygen atoms in total. The second-order valence-electron chi connectivity index (χ2n) is 8.74. The fourth-order valence-corrected chi connectivity index (χ4v) is 6.02. The molecule has 2 aliphatic heterocycles. The number of anilines is 1. The number of nitriles is 1. The maximum Gasteiger partial charge on any atom is 0.310 e. The molecule has 2 aliphatic rings. The number of hydrogen-bond donors (Lipinski definition) is 0. The Bertz CT molecular complexity index is 1170. The van der Waals surface area contributed by atoms with Crippen molar-refractivity contribution in [1.29, 1.82) is 5.26 Å². The lowest BCUT2D eigenvalue weighted by atomic mass is 9.96. The molecular weight excluding hydrogens is 484 g/mol. The van der Waals surface area contributed by atoms with Crippen molar-refractivity contribution in [2.24, 2.45) is 5.92 Å². The summed E-state index contributed by atoms with van der Waals surface area (Å²) in [4.78, 5) is 43.1. The number of thioether (sulfide) groups is 1. The van der Waals surface area contributed by atoms with E-state index in [1.807, 2.05) is 25.7 Å². The van der Waals surface area contributed by atoms with Gasteiger partial charge in [0.2, 0.25) is 0 Å². The van der Waals surface area contributed by atoms with Gasteiger partial charge in [-0.15, -0.1) is 0 Å². The van der Waals surface area contributed by atoms with Crippen LogP contribution in [-0.4, -0.2) is 51.4 Å². The van der Waals surface area contributed by atoms with E-state index in [0.29, 0.717) is 58.8 Å². The molecular formula is C25H32N4O4S2. The van der Waals surface area contributed by atoms with Crippen LogP contribution in [0.2, 0.25) is 0 Å².